The lowest BCUT2D eigenvalue weighted by molar-refractivity contribution is -0.141. The van der Waals surface area contributed by atoms with Crippen molar-refractivity contribution in [1.82, 2.24) is 5.32 Å². The van der Waals surface area contributed by atoms with Gasteiger partial charge in [-0.15, -0.1) is 0 Å². The molecule has 0 saturated heterocycles. The summed E-state index contributed by atoms with van der Waals surface area (Å²) in [5.74, 6) is -1.00. The van der Waals surface area contributed by atoms with Gasteiger partial charge in [-0.3, -0.25) is 0 Å². The largest absolute Gasteiger partial charge is 0.480 e. The van der Waals surface area contributed by atoms with E-state index in [2.05, 4.69) is 5.32 Å². The number of allylic oxidation sites excluding steroid dienone is 1. The minimum atomic E-state index is -1.29. The zero-order valence-electron chi connectivity index (χ0n) is 10.8. The van der Waals surface area contributed by atoms with Gasteiger partial charge in [0.15, 0.2) is 0 Å². The van der Waals surface area contributed by atoms with Crippen LogP contribution in [0.4, 0.5) is 0 Å². The fourth-order valence-electron chi connectivity index (χ4n) is 1.44. The van der Waals surface area contributed by atoms with Crippen LogP contribution in [0.2, 0.25) is 0 Å². The second-order valence-electron chi connectivity index (χ2n) is 4.42. The van der Waals surface area contributed by atoms with Crippen LogP contribution >= 0.6 is 0 Å². The second-order valence-corrected chi connectivity index (χ2v) is 4.42. The van der Waals surface area contributed by atoms with Gasteiger partial charge in [-0.1, -0.05) is 5.57 Å². The quantitative estimate of drug-likeness (QED) is 0.291. The molecule has 0 fully saturated rings. The topological polar surface area (TPSA) is 99.2 Å². The molecule has 5 nitrogen and oxygen atoms in total. The highest BCUT2D eigenvalue weighted by Crippen LogP contribution is 2.20. The number of carboxylic acids is 1. The van der Waals surface area contributed by atoms with E-state index in [1.54, 1.807) is 6.92 Å². The van der Waals surface area contributed by atoms with E-state index < -0.39 is 11.5 Å². The first-order valence-corrected chi connectivity index (χ1v) is 5.72. The molecule has 0 rings (SSSR count). The van der Waals surface area contributed by atoms with E-state index >= 15 is 0 Å². The van der Waals surface area contributed by atoms with Gasteiger partial charge in [-0.05, 0) is 45.7 Å². The average molecular weight is 241 g/mol. The number of carboxylic acid groups (broad SMARTS) is 1. The molecular formula is C12H23N3O2. The number of hydrogen-bond acceptors (Lipinski definition) is 4. The summed E-state index contributed by atoms with van der Waals surface area (Å²) in [6.07, 6.45) is 3.04. The van der Waals surface area contributed by atoms with Crippen molar-refractivity contribution in [2.45, 2.75) is 39.2 Å². The van der Waals surface area contributed by atoms with Crippen molar-refractivity contribution in [2.75, 3.05) is 13.1 Å². The molecule has 0 heterocycles. The maximum absolute atomic E-state index is 11.0. The first kappa shape index (κ1) is 15.8. The SMILES string of the molecule is C/C(CCCNCC=N)=C(\C)C(C)(N)C(=O)O. The summed E-state index contributed by atoms with van der Waals surface area (Å²) in [6.45, 7) is 6.59. The van der Waals surface area contributed by atoms with Gasteiger partial charge in [-0.25, -0.2) is 4.79 Å². The van der Waals surface area contributed by atoms with Crippen molar-refractivity contribution in [3.8, 4) is 0 Å². The van der Waals surface area contributed by atoms with Crippen LogP contribution in [-0.4, -0.2) is 35.9 Å². The molecule has 5 heteroatoms. The zero-order valence-corrected chi connectivity index (χ0v) is 10.8. The number of carbonyl (C=O) groups is 1. The number of nitrogens with two attached hydrogens (primary N) is 1. The van der Waals surface area contributed by atoms with E-state index in [9.17, 15) is 4.79 Å². The molecule has 0 aliphatic heterocycles. The van der Waals surface area contributed by atoms with Crippen LogP contribution in [0, 0.1) is 5.41 Å². The maximum atomic E-state index is 11.0. The van der Waals surface area contributed by atoms with Crippen LogP contribution in [0.3, 0.4) is 0 Å². The molecule has 0 bridgehead atoms. The Morgan fingerprint density at radius 2 is 2.12 bits per heavy atom. The van der Waals surface area contributed by atoms with Crippen molar-refractivity contribution in [1.29, 1.82) is 5.41 Å². The van der Waals surface area contributed by atoms with Gasteiger partial charge in [0.25, 0.3) is 0 Å². The maximum Gasteiger partial charge on any atom is 0.327 e. The molecule has 0 aromatic carbocycles. The van der Waals surface area contributed by atoms with E-state index in [-0.39, 0.29) is 0 Å². The Kier molecular flexibility index (Phi) is 6.68. The monoisotopic (exact) mass is 241 g/mol. The highest BCUT2D eigenvalue weighted by atomic mass is 16.4. The lowest BCUT2D eigenvalue weighted by Gasteiger charge is -2.23. The summed E-state index contributed by atoms with van der Waals surface area (Å²) >= 11 is 0. The standard InChI is InChI=1S/C12H23N3O2/c1-9(5-4-7-15-8-6-13)10(2)12(3,14)11(16)17/h6,13,15H,4-5,7-8,14H2,1-3H3,(H,16,17)/b10-9-,13-6?. The molecule has 0 aromatic heterocycles. The Bertz CT molecular complexity index is 309. The molecule has 0 amide bonds. The Morgan fingerprint density at radius 3 is 2.59 bits per heavy atom. The summed E-state index contributed by atoms with van der Waals surface area (Å²) in [4.78, 5) is 11.0. The Labute approximate surface area is 103 Å². The van der Waals surface area contributed by atoms with Crippen LogP contribution in [0.5, 0.6) is 0 Å². The van der Waals surface area contributed by atoms with E-state index in [4.69, 9.17) is 16.2 Å². The predicted octanol–water partition coefficient (Wildman–Crippen LogP) is 1.14. The van der Waals surface area contributed by atoms with Gasteiger partial charge in [0.2, 0.25) is 0 Å². The van der Waals surface area contributed by atoms with E-state index in [0.29, 0.717) is 6.54 Å². The van der Waals surface area contributed by atoms with E-state index in [1.807, 2.05) is 6.92 Å². The Hall–Kier alpha value is -1.20. The highest BCUT2D eigenvalue weighted by Gasteiger charge is 2.30. The van der Waals surface area contributed by atoms with Gasteiger partial charge in [0.05, 0.1) is 0 Å². The number of nitrogens with one attached hydrogen (secondary N) is 2. The van der Waals surface area contributed by atoms with Gasteiger partial charge in [0, 0.05) is 12.8 Å². The molecule has 0 spiro atoms. The number of rotatable bonds is 8. The van der Waals surface area contributed by atoms with Crippen LogP contribution < -0.4 is 11.1 Å². The zero-order chi connectivity index (χ0) is 13.5. The van der Waals surface area contributed by atoms with Gasteiger partial charge >= 0.3 is 5.97 Å². The van der Waals surface area contributed by atoms with Gasteiger partial charge < -0.3 is 21.6 Å². The molecular weight excluding hydrogens is 218 g/mol. The second kappa shape index (κ2) is 7.19. The molecule has 0 aliphatic carbocycles. The third-order valence-electron chi connectivity index (χ3n) is 3.02. The number of aliphatic carboxylic acids is 1. The van der Waals surface area contributed by atoms with E-state index in [1.165, 1.54) is 13.1 Å². The van der Waals surface area contributed by atoms with E-state index in [0.717, 1.165) is 30.5 Å². The third kappa shape index (κ3) is 5.10. The van der Waals surface area contributed by atoms with Crippen molar-refractivity contribution in [2.24, 2.45) is 5.73 Å². The summed E-state index contributed by atoms with van der Waals surface area (Å²) in [5, 5.41) is 18.9. The van der Waals surface area contributed by atoms with Crippen LogP contribution in [0.25, 0.3) is 0 Å². The predicted molar refractivity (Wildman–Crippen MR) is 69.5 cm³/mol. The highest BCUT2D eigenvalue weighted by molar-refractivity contribution is 5.82. The van der Waals surface area contributed by atoms with Crippen molar-refractivity contribution < 1.29 is 9.90 Å². The molecule has 0 aromatic rings. The Morgan fingerprint density at radius 1 is 1.53 bits per heavy atom. The normalized spacial score (nSPS) is 16.0. The molecule has 0 saturated carbocycles. The van der Waals surface area contributed by atoms with Gasteiger partial charge in [0.1, 0.15) is 5.54 Å². The molecule has 1 unspecified atom stereocenters. The molecule has 5 N–H and O–H groups in total. The average Bonchev–Trinajstić information content (AvgIpc) is 2.27. The summed E-state index contributed by atoms with van der Waals surface area (Å²) in [5.41, 5.74) is 6.21. The van der Waals surface area contributed by atoms with Crippen LogP contribution in [0.1, 0.15) is 33.6 Å². The minimum absolute atomic E-state index is 0.575. The minimum Gasteiger partial charge on any atom is -0.480 e. The number of hydrogen-bond donors (Lipinski definition) is 4. The van der Waals surface area contributed by atoms with Crippen molar-refractivity contribution in [3.63, 3.8) is 0 Å². The summed E-state index contributed by atoms with van der Waals surface area (Å²) < 4.78 is 0. The molecule has 0 radical (unpaired) electrons. The molecule has 0 aliphatic rings. The van der Waals surface area contributed by atoms with Crippen molar-refractivity contribution >= 4 is 12.2 Å². The molecule has 17 heavy (non-hydrogen) atoms. The third-order valence-corrected chi connectivity index (χ3v) is 3.02. The van der Waals surface area contributed by atoms with Crippen LogP contribution in [0.15, 0.2) is 11.1 Å². The molecule has 1 atom stereocenters. The summed E-state index contributed by atoms with van der Waals surface area (Å²) in [6, 6.07) is 0. The van der Waals surface area contributed by atoms with Crippen LogP contribution in [-0.2, 0) is 4.79 Å². The van der Waals surface area contributed by atoms with Crippen molar-refractivity contribution in [3.05, 3.63) is 11.1 Å². The summed E-state index contributed by atoms with van der Waals surface area (Å²) in [7, 11) is 0. The Balaban J connectivity index is 4.31. The lowest BCUT2D eigenvalue weighted by Crippen LogP contribution is -2.46. The fraction of sp³-hybridized carbons (Fsp3) is 0.667. The first-order chi connectivity index (χ1) is 7.84. The smallest absolute Gasteiger partial charge is 0.327 e. The van der Waals surface area contributed by atoms with Gasteiger partial charge in [-0.2, -0.15) is 0 Å². The lowest BCUT2D eigenvalue weighted by atomic mass is 9.89. The fourth-order valence-corrected chi connectivity index (χ4v) is 1.44. The first-order valence-electron chi connectivity index (χ1n) is 5.72. The molecule has 98 valence electrons.